The number of piperazine rings is 1. The highest BCUT2D eigenvalue weighted by molar-refractivity contribution is 5.66. The van der Waals surface area contributed by atoms with Crippen LogP contribution < -0.4 is 4.90 Å². The van der Waals surface area contributed by atoms with E-state index < -0.39 is 5.97 Å². The molecule has 122 valence electrons. The molecule has 0 aromatic carbocycles. The maximum absolute atomic E-state index is 10.6. The standard InChI is InChI=1S/C16H21N5O2/c22-16(23)3-5-21-13-14(10-18-21)12-19-6-8-20(9-7-19)15-2-1-4-17-11-15/h1-2,4,10-11,13H,3,5-9,12H2,(H,22,23). The first-order valence-corrected chi connectivity index (χ1v) is 7.81. The Kier molecular flexibility index (Phi) is 4.87. The smallest absolute Gasteiger partial charge is 0.305 e. The first-order chi connectivity index (χ1) is 11.2. The Morgan fingerprint density at radius 1 is 1.22 bits per heavy atom. The number of pyridine rings is 1. The van der Waals surface area contributed by atoms with Gasteiger partial charge in [0.1, 0.15) is 0 Å². The lowest BCUT2D eigenvalue weighted by molar-refractivity contribution is -0.137. The third-order valence-electron chi connectivity index (χ3n) is 4.03. The van der Waals surface area contributed by atoms with Crippen molar-refractivity contribution >= 4 is 11.7 Å². The number of rotatable bonds is 6. The largest absolute Gasteiger partial charge is 0.481 e. The van der Waals surface area contributed by atoms with Crippen LogP contribution in [0.2, 0.25) is 0 Å². The van der Waals surface area contributed by atoms with Gasteiger partial charge in [-0.15, -0.1) is 0 Å². The summed E-state index contributed by atoms with van der Waals surface area (Å²) < 4.78 is 1.70. The van der Waals surface area contributed by atoms with E-state index in [0.717, 1.165) is 38.3 Å². The number of carboxylic acids is 1. The van der Waals surface area contributed by atoms with E-state index in [1.165, 1.54) is 5.69 Å². The normalized spacial score (nSPS) is 15.7. The molecule has 0 atom stereocenters. The average molecular weight is 315 g/mol. The summed E-state index contributed by atoms with van der Waals surface area (Å²) >= 11 is 0. The summed E-state index contributed by atoms with van der Waals surface area (Å²) in [7, 11) is 0. The van der Waals surface area contributed by atoms with Gasteiger partial charge in [-0.1, -0.05) is 0 Å². The number of aryl methyl sites for hydroxylation is 1. The predicted molar refractivity (Wildman–Crippen MR) is 86.2 cm³/mol. The minimum absolute atomic E-state index is 0.102. The average Bonchev–Trinajstić information content (AvgIpc) is 3.02. The maximum atomic E-state index is 10.6. The molecule has 0 spiro atoms. The first kappa shape index (κ1) is 15.5. The van der Waals surface area contributed by atoms with Crippen LogP contribution in [0.15, 0.2) is 36.9 Å². The number of carbonyl (C=O) groups is 1. The second kappa shape index (κ2) is 7.23. The number of anilines is 1. The number of aliphatic carboxylic acids is 1. The second-order valence-electron chi connectivity index (χ2n) is 5.73. The summed E-state index contributed by atoms with van der Waals surface area (Å²) in [5, 5.41) is 12.9. The highest BCUT2D eigenvalue weighted by atomic mass is 16.4. The predicted octanol–water partition coefficient (Wildman–Crippen LogP) is 1.07. The summed E-state index contributed by atoms with van der Waals surface area (Å²) in [6.45, 7) is 5.24. The Bertz CT molecular complexity index is 635. The summed E-state index contributed by atoms with van der Waals surface area (Å²) in [4.78, 5) is 19.5. The molecular formula is C16H21N5O2. The Balaban J connectivity index is 1.48. The molecule has 1 fully saturated rings. The number of carboxylic acid groups (broad SMARTS) is 1. The van der Waals surface area contributed by atoms with Crippen molar-refractivity contribution in [2.45, 2.75) is 19.5 Å². The molecule has 3 heterocycles. The minimum atomic E-state index is -0.798. The van der Waals surface area contributed by atoms with Crippen LogP contribution >= 0.6 is 0 Å². The molecule has 7 heteroatoms. The van der Waals surface area contributed by atoms with Gasteiger partial charge in [0, 0.05) is 50.7 Å². The minimum Gasteiger partial charge on any atom is -0.481 e. The van der Waals surface area contributed by atoms with E-state index in [2.05, 4.69) is 25.9 Å². The number of nitrogens with zero attached hydrogens (tertiary/aromatic N) is 5. The monoisotopic (exact) mass is 315 g/mol. The molecule has 0 saturated carbocycles. The van der Waals surface area contributed by atoms with Crippen LogP contribution in [0.5, 0.6) is 0 Å². The fourth-order valence-corrected chi connectivity index (χ4v) is 2.78. The SMILES string of the molecule is O=C(O)CCn1cc(CN2CCN(c3cccnc3)CC2)cn1. The van der Waals surface area contributed by atoms with Crippen LogP contribution in [0.4, 0.5) is 5.69 Å². The molecule has 0 amide bonds. The van der Waals surface area contributed by atoms with Crippen LogP contribution in [0.25, 0.3) is 0 Å². The quantitative estimate of drug-likeness (QED) is 0.860. The maximum Gasteiger partial charge on any atom is 0.305 e. The molecule has 2 aromatic rings. The Hall–Kier alpha value is -2.41. The summed E-state index contributed by atoms with van der Waals surface area (Å²) in [6, 6.07) is 4.06. The number of hydrogen-bond donors (Lipinski definition) is 1. The summed E-state index contributed by atoms with van der Waals surface area (Å²) in [5.74, 6) is -0.798. The highest BCUT2D eigenvalue weighted by Gasteiger charge is 2.17. The fourth-order valence-electron chi connectivity index (χ4n) is 2.78. The number of hydrogen-bond acceptors (Lipinski definition) is 5. The van der Waals surface area contributed by atoms with E-state index in [-0.39, 0.29) is 6.42 Å². The molecular weight excluding hydrogens is 294 g/mol. The zero-order valence-electron chi connectivity index (χ0n) is 13.0. The zero-order chi connectivity index (χ0) is 16.1. The molecule has 1 aliphatic rings. The van der Waals surface area contributed by atoms with Gasteiger partial charge in [0.15, 0.2) is 0 Å². The molecule has 3 rings (SSSR count). The van der Waals surface area contributed by atoms with Gasteiger partial charge in [0.25, 0.3) is 0 Å². The van der Waals surface area contributed by atoms with E-state index in [1.807, 2.05) is 24.7 Å². The molecule has 0 aliphatic carbocycles. The van der Waals surface area contributed by atoms with Gasteiger partial charge in [-0.25, -0.2) is 0 Å². The van der Waals surface area contributed by atoms with Gasteiger partial charge < -0.3 is 10.0 Å². The zero-order valence-corrected chi connectivity index (χ0v) is 13.0. The molecule has 1 N–H and O–H groups in total. The first-order valence-electron chi connectivity index (χ1n) is 7.81. The van der Waals surface area contributed by atoms with Crippen molar-refractivity contribution in [2.24, 2.45) is 0 Å². The van der Waals surface area contributed by atoms with Crippen LogP contribution in [0.3, 0.4) is 0 Å². The van der Waals surface area contributed by atoms with Gasteiger partial charge in [0.2, 0.25) is 0 Å². The van der Waals surface area contributed by atoms with Crippen molar-refractivity contribution in [2.75, 3.05) is 31.1 Å². The van der Waals surface area contributed by atoms with Crippen molar-refractivity contribution in [3.63, 3.8) is 0 Å². The van der Waals surface area contributed by atoms with E-state index in [4.69, 9.17) is 5.11 Å². The molecule has 0 bridgehead atoms. The Morgan fingerprint density at radius 2 is 2.04 bits per heavy atom. The van der Waals surface area contributed by atoms with Crippen LogP contribution in [-0.4, -0.2) is 56.9 Å². The number of aromatic nitrogens is 3. The van der Waals surface area contributed by atoms with Crippen molar-refractivity contribution in [1.82, 2.24) is 19.7 Å². The van der Waals surface area contributed by atoms with Crippen LogP contribution in [0, 0.1) is 0 Å². The summed E-state index contributed by atoms with van der Waals surface area (Å²) in [5.41, 5.74) is 2.30. The molecule has 7 nitrogen and oxygen atoms in total. The van der Waals surface area contributed by atoms with E-state index >= 15 is 0 Å². The summed E-state index contributed by atoms with van der Waals surface area (Å²) in [6.07, 6.45) is 7.57. The third kappa shape index (κ3) is 4.29. The molecule has 1 saturated heterocycles. The lowest BCUT2D eigenvalue weighted by Crippen LogP contribution is -2.45. The topological polar surface area (TPSA) is 74.5 Å². The van der Waals surface area contributed by atoms with Crippen molar-refractivity contribution in [3.8, 4) is 0 Å². The van der Waals surface area contributed by atoms with Crippen LogP contribution in [-0.2, 0) is 17.9 Å². The van der Waals surface area contributed by atoms with E-state index in [9.17, 15) is 4.79 Å². The van der Waals surface area contributed by atoms with Crippen molar-refractivity contribution in [1.29, 1.82) is 0 Å². The van der Waals surface area contributed by atoms with Crippen LogP contribution in [0.1, 0.15) is 12.0 Å². The molecule has 1 aliphatic heterocycles. The third-order valence-corrected chi connectivity index (χ3v) is 4.03. The van der Waals surface area contributed by atoms with Crippen molar-refractivity contribution in [3.05, 3.63) is 42.5 Å². The highest BCUT2D eigenvalue weighted by Crippen LogP contribution is 2.15. The lowest BCUT2D eigenvalue weighted by atomic mass is 10.2. The van der Waals surface area contributed by atoms with Crippen molar-refractivity contribution < 1.29 is 9.90 Å². The Morgan fingerprint density at radius 3 is 2.74 bits per heavy atom. The van der Waals surface area contributed by atoms with E-state index in [0.29, 0.717) is 6.54 Å². The van der Waals surface area contributed by atoms with Gasteiger partial charge in [-0.2, -0.15) is 5.10 Å². The molecule has 2 aromatic heterocycles. The van der Waals surface area contributed by atoms with E-state index in [1.54, 1.807) is 10.9 Å². The molecule has 0 unspecified atom stereocenters. The Labute approximate surface area is 135 Å². The van der Waals surface area contributed by atoms with Gasteiger partial charge in [0.05, 0.1) is 31.0 Å². The van der Waals surface area contributed by atoms with Gasteiger partial charge >= 0.3 is 5.97 Å². The van der Waals surface area contributed by atoms with Gasteiger partial charge in [-0.3, -0.25) is 19.4 Å². The van der Waals surface area contributed by atoms with Gasteiger partial charge in [-0.05, 0) is 12.1 Å². The molecule has 23 heavy (non-hydrogen) atoms. The molecule has 0 radical (unpaired) electrons. The fraction of sp³-hybridized carbons (Fsp3) is 0.438. The second-order valence-corrected chi connectivity index (χ2v) is 5.73. The lowest BCUT2D eigenvalue weighted by Gasteiger charge is -2.35.